The SMILES string of the molecule is COC[C@H]1CCCCN1C(=O)Nc1nncs1. The number of ether oxygens (including phenoxy) is 1. The quantitative estimate of drug-likeness (QED) is 0.891. The minimum atomic E-state index is -0.108. The summed E-state index contributed by atoms with van der Waals surface area (Å²) < 4.78 is 5.15. The minimum absolute atomic E-state index is 0.108. The van der Waals surface area contributed by atoms with Gasteiger partial charge in [-0.3, -0.25) is 5.32 Å². The lowest BCUT2D eigenvalue weighted by Gasteiger charge is -2.34. The zero-order valence-electron chi connectivity index (χ0n) is 9.76. The molecule has 1 aliphatic heterocycles. The van der Waals surface area contributed by atoms with Crippen LogP contribution in [0.1, 0.15) is 19.3 Å². The minimum Gasteiger partial charge on any atom is -0.383 e. The van der Waals surface area contributed by atoms with Gasteiger partial charge in [0.2, 0.25) is 5.13 Å². The van der Waals surface area contributed by atoms with Crippen LogP contribution in [0.2, 0.25) is 0 Å². The van der Waals surface area contributed by atoms with E-state index in [-0.39, 0.29) is 12.1 Å². The molecule has 2 heterocycles. The van der Waals surface area contributed by atoms with Crippen LogP contribution < -0.4 is 5.32 Å². The Bertz CT molecular complexity index is 355. The summed E-state index contributed by atoms with van der Waals surface area (Å²) in [6.07, 6.45) is 3.19. The average Bonchev–Trinajstić information content (AvgIpc) is 2.83. The first-order valence-electron chi connectivity index (χ1n) is 5.64. The van der Waals surface area contributed by atoms with Crippen molar-refractivity contribution in [3.05, 3.63) is 5.51 Å². The Balaban J connectivity index is 1.96. The standard InChI is InChI=1S/C10H16N4O2S/c1-16-6-8-4-2-3-5-14(8)10(15)12-9-13-11-7-17-9/h7-8H,2-6H2,1H3,(H,12,13,15)/t8-/m1/s1. The first-order valence-corrected chi connectivity index (χ1v) is 6.52. The maximum Gasteiger partial charge on any atom is 0.324 e. The summed E-state index contributed by atoms with van der Waals surface area (Å²) in [6.45, 7) is 1.36. The van der Waals surface area contributed by atoms with Crippen LogP contribution in [-0.4, -0.2) is 47.4 Å². The molecule has 6 nitrogen and oxygen atoms in total. The van der Waals surface area contributed by atoms with Gasteiger partial charge in [-0.15, -0.1) is 10.2 Å². The third kappa shape index (κ3) is 3.13. The number of urea groups is 1. The van der Waals surface area contributed by atoms with Gasteiger partial charge in [0.15, 0.2) is 0 Å². The van der Waals surface area contributed by atoms with E-state index in [1.165, 1.54) is 11.3 Å². The van der Waals surface area contributed by atoms with Gasteiger partial charge < -0.3 is 9.64 Å². The van der Waals surface area contributed by atoms with Crippen molar-refractivity contribution in [3.8, 4) is 0 Å². The van der Waals surface area contributed by atoms with Crippen LogP contribution in [0.25, 0.3) is 0 Å². The normalized spacial score (nSPS) is 20.3. The number of aromatic nitrogens is 2. The van der Waals surface area contributed by atoms with Crippen molar-refractivity contribution in [1.82, 2.24) is 15.1 Å². The van der Waals surface area contributed by atoms with Crippen LogP contribution in [0.5, 0.6) is 0 Å². The summed E-state index contributed by atoms with van der Waals surface area (Å²) in [5.74, 6) is 0. The van der Waals surface area contributed by atoms with Crippen LogP contribution in [0.15, 0.2) is 5.51 Å². The summed E-state index contributed by atoms with van der Waals surface area (Å²) in [6, 6.07) is 0.0603. The molecule has 1 fully saturated rings. The van der Waals surface area contributed by atoms with E-state index < -0.39 is 0 Å². The van der Waals surface area contributed by atoms with Crippen molar-refractivity contribution >= 4 is 22.5 Å². The lowest BCUT2D eigenvalue weighted by atomic mass is 10.0. The number of nitrogens with one attached hydrogen (secondary N) is 1. The molecular weight excluding hydrogens is 240 g/mol. The fraction of sp³-hybridized carbons (Fsp3) is 0.700. The van der Waals surface area contributed by atoms with Gasteiger partial charge in [-0.2, -0.15) is 0 Å². The third-order valence-corrected chi connectivity index (χ3v) is 3.43. The maximum absolute atomic E-state index is 12.0. The predicted molar refractivity (Wildman–Crippen MR) is 65.1 cm³/mol. The molecule has 0 radical (unpaired) electrons. The number of anilines is 1. The molecule has 7 heteroatoms. The van der Waals surface area contributed by atoms with E-state index in [2.05, 4.69) is 15.5 Å². The van der Waals surface area contributed by atoms with Crippen molar-refractivity contribution in [1.29, 1.82) is 0 Å². The first-order chi connectivity index (χ1) is 8.31. The Hall–Kier alpha value is -1.21. The highest BCUT2D eigenvalue weighted by Crippen LogP contribution is 2.19. The predicted octanol–water partition coefficient (Wildman–Crippen LogP) is 1.57. The van der Waals surface area contributed by atoms with Crippen LogP contribution in [0, 0.1) is 0 Å². The molecule has 2 amide bonds. The van der Waals surface area contributed by atoms with Gasteiger partial charge in [-0.1, -0.05) is 11.3 Å². The van der Waals surface area contributed by atoms with Crippen LogP contribution in [-0.2, 0) is 4.74 Å². The van der Waals surface area contributed by atoms with Crippen molar-refractivity contribution in [2.75, 3.05) is 25.6 Å². The van der Waals surface area contributed by atoms with Gasteiger partial charge in [-0.05, 0) is 19.3 Å². The molecule has 1 atom stereocenters. The van der Waals surface area contributed by atoms with Crippen molar-refractivity contribution in [2.24, 2.45) is 0 Å². The third-order valence-electron chi connectivity index (χ3n) is 2.82. The van der Waals surface area contributed by atoms with Crippen molar-refractivity contribution in [2.45, 2.75) is 25.3 Å². The molecule has 17 heavy (non-hydrogen) atoms. The van der Waals surface area contributed by atoms with Gasteiger partial charge in [-0.25, -0.2) is 4.79 Å². The Morgan fingerprint density at radius 3 is 3.29 bits per heavy atom. The van der Waals surface area contributed by atoms with E-state index in [4.69, 9.17) is 4.74 Å². The number of hydrogen-bond acceptors (Lipinski definition) is 5. The van der Waals surface area contributed by atoms with Crippen molar-refractivity contribution < 1.29 is 9.53 Å². The fourth-order valence-electron chi connectivity index (χ4n) is 2.02. The number of methoxy groups -OCH3 is 1. The van der Waals surface area contributed by atoms with E-state index in [9.17, 15) is 4.79 Å². The summed E-state index contributed by atoms with van der Waals surface area (Å²) in [4.78, 5) is 13.9. The number of hydrogen-bond donors (Lipinski definition) is 1. The Morgan fingerprint density at radius 2 is 2.59 bits per heavy atom. The smallest absolute Gasteiger partial charge is 0.324 e. The molecule has 94 valence electrons. The summed E-state index contributed by atoms with van der Waals surface area (Å²) >= 11 is 1.32. The fourth-order valence-corrected chi connectivity index (χ4v) is 2.46. The maximum atomic E-state index is 12.0. The molecule has 0 bridgehead atoms. The van der Waals surface area contributed by atoms with Gasteiger partial charge in [0.05, 0.1) is 12.6 Å². The Morgan fingerprint density at radius 1 is 1.71 bits per heavy atom. The van der Waals surface area contributed by atoms with Gasteiger partial charge in [0, 0.05) is 13.7 Å². The van der Waals surface area contributed by atoms with Gasteiger partial charge in [0.1, 0.15) is 5.51 Å². The lowest BCUT2D eigenvalue weighted by Crippen LogP contribution is -2.47. The molecule has 1 saturated heterocycles. The topological polar surface area (TPSA) is 67.3 Å². The number of likely N-dealkylation sites (tertiary alicyclic amines) is 1. The molecule has 1 aliphatic rings. The second-order valence-electron chi connectivity index (χ2n) is 3.97. The number of carbonyl (C=O) groups excluding carboxylic acids is 1. The molecule has 1 N–H and O–H groups in total. The highest BCUT2D eigenvalue weighted by molar-refractivity contribution is 7.13. The largest absolute Gasteiger partial charge is 0.383 e. The Labute approximate surface area is 104 Å². The molecule has 2 rings (SSSR count). The summed E-state index contributed by atoms with van der Waals surface area (Å²) in [5.41, 5.74) is 1.60. The molecule has 1 aromatic heterocycles. The van der Waals surface area contributed by atoms with Crippen molar-refractivity contribution in [3.63, 3.8) is 0 Å². The number of amides is 2. The van der Waals surface area contributed by atoms with E-state index in [1.54, 1.807) is 12.6 Å². The summed E-state index contributed by atoms with van der Waals surface area (Å²) in [5, 5.41) is 10.8. The lowest BCUT2D eigenvalue weighted by molar-refractivity contribution is 0.0878. The zero-order valence-corrected chi connectivity index (χ0v) is 10.6. The van der Waals surface area contributed by atoms with E-state index in [0.29, 0.717) is 11.7 Å². The first kappa shape index (κ1) is 12.3. The second kappa shape index (κ2) is 5.92. The highest BCUT2D eigenvalue weighted by atomic mass is 32.1. The number of rotatable bonds is 3. The van der Waals surface area contributed by atoms with E-state index in [1.807, 2.05) is 4.90 Å². The molecule has 0 unspecified atom stereocenters. The second-order valence-corrected chi connectivity index (χ2v) is 4.81. The molecule has 0 aromatic carbocycles. The zero-order chi connectivity index (χ0) is 12.1. The van der Waals surface area contributed by atoms with Gasteiger partial charge in [0.25, 0.3) is 0 Å². The molecule has 1 aromatic rings. The molecule has 0 aliphatic carbocycles. The number of nitrogens with zero attached hydrogens (tertiary/aromatic N) is 3. The van der Waals surface area contributed by atoms with Crippen LogP contribution >= 0.6 is 11.3 Å². The Kier molecular flexibility index (Phi) is 4.27. The monoisotopic (exact) mass is 256 g/mol. The number of carbonyl (C=O) groups is 1. The van der Waals surface area contributed by atoms with Crippen LogP contribution in [0.4, 0.5) is 9.93 Å². The van der Waals surface area contributed by atoms with Crippen LogP contribution in [0.3, 0.4) is 0 Å². The molecular formula is C10H16N4O2S. The summed E-state index contributed by atoms with van der Waals surface area (Å²) in [7, 11) is 1.66. The van der Waals surface area contributed by atoms with E-state index >= 15 is 0 Å². The molecule has 0 saturated carbocycles. The van der Waals surface area contributed by atoms with E-state index in [0.717, 1.165) is 25.8 Å². The number of piperidine rings is 1. The average molecular weight is 256 g/mol. The molecule has 0 spiro atoms. The van der Waals surface area contributed by atoms with Gasteiger partial charge >= 0.3 is 6.03 Å². The highest BCUT2D eigenvalue weighted by Gasteiger charge is 2.26.